The fourth-order valence-corrected chi connectivity index (χ4v) is 0.263. The van der Waals surface area contributed by atoms with Crippen LogP contribution < -0.4 is 11.5 Å². The summed E-state index contributed by atoms with van der Waals surface area (Å²) >= 11 is 0. The summed E-state index contributed by atoms with van der Waals surface area (Å²) in [6.45, 7) is 0. The van der Waals surface area contributed by atoms with Crippen molar-refractivity contribution in [3.8, 4) is 0 Å². The van der Waals surface area contributed by atoms with E-state index in [2.05, 4.69) is 4.99 Å². The molecule has 0 spiro atoms. The van der Waals surface area contributed by atoms with Gasteiger partial charge in [-0.1, -0.05) is 0 Å². The Labute approximate surface area is 53.3 Å². The average Bonchev–Trinajstić information content (AvgIpc) is 1.84. The van der Waals surface area contributed by atoms with Crippen molar-refractivity contribution in [1.82, 2.24) is 4.90 Å². The number of urea groups is 1. The van der Waals surface area contributed by atoms with Crippen molar-refractivity contribution >= 4 is 12.0 Å². The number of rotatable bonds is 0. The van der Waals surface area contributed by atoms with Gasteiger partial charge < -0.3 is 11.5 Å². The van der Waals surface area contributed by atoms with Gasteiger partial charge in [0, 0.05) is 14.1 Å². The second kappa shape index (κ2) is 2.91. The number of primary amides is 1. The van der Waals surface area contributed by atoms with Crippen LogP contribution in [-0.2, 0) is 0 Å². The Kier molecular flexibility index (Phi) is 2.50. The largest absolute Gasteiger partial charge is 0.369 e. The quantitative estimate of drug-likeness (QED) is 0.323. The van der Waals surface area contributed by atoms with E-state index < -0.39 is 6.03 Å². The van der Waals surface area contributed by atoms with E-state index in [0.29, 0.717) is 0 Å². The number of hydrogen-bond donors (Lipinski definition) is 2. The summed E-state index contributed by atoms with van der Waals surface area (Å²) < 4.78 is 0. The maximum Gasteiger partial charge on any atom is 0.321 e. The van der Waals surface area contributed by atoms with Crippen molar-refractivity contribution in [2.24, 2.45) is 16.5 Å². The van der Waals surface area contributed by atoms with Crippen LogP contribution >= 0.6 is 0 Å². The summed E-state index contributed by atoms with van der Waals surface area (Å²) in [6, 6.07) is -0.613. The zero-order valence-electron chi connectivity index (χ0n) is 5.46. The topological polar surface area (TPSA) is 84.7 Å². The Balaban J connectivity index is 4.04. The van der Waals surface area contributed by atoms with Gasteiger partial charge in [-0.25, -0.2) is 4.79 Å². The molecule has 2 amide bonds. The third-order valence-corrected chi connectivity index (χ3v) is 0.903. The first-order valence-electron chi connectivity index (χ1n) is 2.35. The predicted molar refractivity (Wildman–Crippen MR) is 34.9 cm³/mol. The summed E-state index contributed by atoms with van der Waals surface area (Å²) in [4.78, 5) is 14.9. The summed E-state index contributed by atoms with van der Waals surface area (Å²) in [5.74, 6) is 0.113. The molecule has 0 saturated heterocycles. The van der Waals surface area contributed by atoms with Crippen molar-refractivity contribution in [3.05, 3.63) is 0 Å². The zero-order chi connectivity index (χ0) is 7.44. The van der Waals surface area contributed by atoms with Crippen molar-refractivity contribution in [3.63, 3.8) is 0 Å². The highest BCUT2D eigenvalue weighted by molar-refractivity contribution is 5.94. The van der Waals surface area contributed by atoms with Crippen LogP contribution in [0.25, 0.3) is 0 Å². The van der Waals surface area contributed by atoms with Gasteiger partial charge in [0.15, 0.2) is 5.96 Å². The van der Waals surface area contributed by atoms with Gasteiger partial charge in [0.2, 0.25) is 0 Å². The molecule has 0 radical (unpaired) electrons. The number of carbonyl (C=O) groups is 1. The number of carbonyl (C=O) groups excluding carboxylic acids is 1. The van der Waals surface area contributed by atoms with Gasteiger partial charge in [-0.3, -0.25) is 9.89 Å². The molecule has 52 valence electrons. The maximum absolute atomic E-state index is 10.3. The lowest BCUT2D eigenvalue weighted by atomic mass is 10.7. The monoisotopic (exact) mass is 130 g/mol. The predicted octanol–water partition coefficient (Wildman–Crippen LogP) is -1.06. The molecule has 5 heteroatoms. The third-order valence-electron chi connectivity index (χ3n) is 0.903. The van der Waals surface area contributed by atoms with E-state index >= 15 is 0 Å². The van der Waals surface area contributed by atoms with Crippen molar-refractivity contribution < 1.29 is 4.79 Å². The first-order valence-corrected chi connectivity index (χ1v) is 2.35. The molecule has 0 heterocycles. The molecule has 0 aromatic carbocycles. The van der Waals surface area contributed by atoms with E-state index in [1.165, 1.54) is 14.1 Å². The molecule has 0 aliphatic rings. The Bertz CT molecular complexity index is 142. The zero-order valence-corrected chi connectivity index (χ0v) is 5.46. The van der Waals surface area contributed by atoms with Crippen LogP contribution in [0.15, 0.2) is 4.99 Å². The van der Waals surface area contributed by atoms with Crippen molar-refractivity contribution in [2.75, 3.05) is 14.1 Å². The normalized spacial score (nSPS) is 11.1. The van der Waals surface area contributed by atoms with E-state index in [-0.39, 0.29) is 5.96 Å². The molecule has 0 aromatic heterocycles. The molecule has 0 fully saturated rings. The van der Waals surface area contributed by atoms with E-state index in [4.69, 9.17) is 11.5 Å². The minimum atomic E-state index is -0.613. The van der Waals surface area contributed by atoms with Gasteiger partial charge in [0.05, 0.1) is 0 Å². The Morgan fingerprint density at radius 2 is 2.00 bits per heavy atom. The van der Waals surface area contributed by atoms with E-state index in [1.54, 1.807) is 0 Å². The minimum Gasteiger partial charge on any atom is -0.369 e. The Morgan fingerprint density at radius 3 is 2.11 bits per heavy atom. The number of nitrogens with two attached hydrogens (primary N) is 2. The molecular formula is C4H10N4O. The summed E-state index contributed by atoms with van der Waals surface area (Å²) in [6.07, 6.45) is 0. The fraction of sp³-hybridized carbons (Fsp3) is 0.500. The minimum absolute atomic E-state index is 0.113. The Morgan fingerprint density at radius 1 is 1.56 bits per heavy atom. The smallest absolute Gasteiger partial charge is 0.321 e. The first kappa shape index (κ1) is 7.74. The third kappa shape index (κ3) is 1.98. The lowest BCUT2D eigenvalue weighted by Crippen LogP contribution is -2.41. The molecule has 0 atom stereocenters. The van der Waals surface area contributed by atoms with Gasteiger partial charge in [0.1, 0.15) is 0 Å². The second-order valence-corrected chi connectivity index (χ2v) is 1.48. The molecule has 4 N–H and O–H groups in total. The maximum atomic E-state index is 10.3. The van der Waals surface area contributed by atoms with Crippen molar-refractivity contribution in [1.29, 1.82) is 0 Å². The van der Waals surface area contributed by atoms with Crippen LogP contribution in [0, 0.1) is 0 Å². The number of hydrogen-bond acceptors (Lipinski definition) is 2. The molecule has 0 unspecified atom stereocenters. The molecule has 0 rings (SSSR count). The number of guanidine groups is 1. The number of nitrogens with zero attached hydrogens (tertiary/aromatic N) is 2. The number of amides is 2. The number of aliphatic imine (C=N–C) groups is 1. The fourth-order valence-electron chi connectivity index (χ4n) is 0.263. The molecule has 0 aromatic rings. The molecule has 0 aliphatic heterocycles. The van der Waals surface area contributed by atoms with Crippen molar-refractivity contribution in [2.45, 2.75) is 0 Å². The van der Waals surface area contributed by atoms with Crippen LogP contribution in [0.4, 0.5) is 4.79 Å². The van der Waals surface area contributed by atoms with Gasteiger partial charge in [-0.05, 0) is 0 Å². The molecular weight excluding hydrogens is 120 g/mol. The average molecular weight is 130 g/mol. The highest BCUT2D eigenvalue weighted by Crippen LogP contribution is 1.77. The van der Waals surface area contributed by atoms with E-state index in [1.807, 2.05) is 0 Å². The second-order valence-electron chi connectivity index (χ2n) is 1.48. The summed E-state index contributed by atoms with van der Waals surface area (Å²) in [5, 5.41) is 0. The highest BCUT2D eigenvalue weighted by Gasteiger charge is 2.04. The lowest BCUT2D eigenvalue weighted by Gasteiger charge is -2.10. The van der Waals surface area contributed by atoms with Crippen LogP contribution in [0.1, 0.15) is 0 Å². The molecule has 9 heavy (non-hydrogen) atoms. The molecule has 0 bridgehead atoms. The van der Waals surface area contributed by atoms with Gasteiger partial charge >= 0.3 is 6.03 Å². The van der Waals surface area contributed by atoms with Crippen LogP contribution in [0.3, 0.4) is 0 Å². The highest BCUT2D eigenvalue weighted by atomic mass is 16.2. The Hall–Kier alpha value is -1.26. The van der Waals surface area contributed by atoms with E-state index in [9.17, 15) is 4.79 Å². The summed E-state index contributed by atoms with van der Waals surface area (Å²) in [7, 11) is 2.93. The van der Waals surface area contributed by atoms with Gasteiger partial charge in [0.25, 0.3) is 0 Å². The van der Waals surface area contributed by atoms with Gasteiger partial charge in [-0.2, -0.15) is 0 Å². The van der Waals surface area contributed by atoms with Crippen LogP contribution in [0.2, 0.25) is 0 Å². The lowest BCUT2D eigenvalue weighted by molar-refractivity contribution is 0.235. The van der Waals surface area contributed by atoms with Crippen LogP contribution in [-0.4, -0.2) is 31.0 Å². The standard InChI is InChI=1S/C4H10N4O/c1-7-3(5)8(2)4(6)9/h1-2H3,(H2,5,7)(H2,6,9). The first-order chi connectivity index (χ1) is 4.09. The molecule has 0 saturated carbocycles. The molecule has 0 aliphatic carbocycles. The van der Waals surface area contributed by atoms with E-state index in [0.717, 1.165) is 4.90 Å². The van der Waals surface area contributed by atoms with Crippen LogP contribution in [0.5, 0.6) is 0 Å². The summed E-state index contributed by atoms with van der Waals surface area (Å²) in [5.41, 5.74) is 10.0. The molecule has 5 nitrogen and oxygen atoms in total. The SMILES string of the molecule is CN=C(N)N(C)C(N)=O. The van der Waals surface area contributed by atoms with Gasteiger partial charge in [-0.15, -0.1) is 0 Å².